The van der Waals surface area contributed by atoms with E-state index in [2.05, 4.69) is 0 Å². The average molecular weight is 258 g/mol. The van der Waals surface area contributed by atoms with E-state index in [1.165, 1.54) is 7.11 Å². The SMILES string of the molecule is CCOC1(C)OC2C3CC(C(=O)OC)C(O3)C2O1. The van der Waals surface area contributed by atoms with Crippen LogP contribution in [-0.4, -0.2) is 50.1 Å². The van der Waals surface area contributed by atoms with E-state index in [4.69, 9.17) is 23.7 Å². The van der Waals surface area contributed by atoms with Crippen molar-refractivity contribution in [2.24, 2.45) is 5.92 Å². The Morgan fingerprint density at radius 1 is 1.33 bits per heavy atom. The van der Waals surface area contributed by atoms with Gasteiger partial charge in [-0.3, -0.25) is 4.79 Å². The first-order valence-corrected chi connectivity index (χ1v) is 6.31. The van der Waals surface area contributed by atoms with Gasteiger partial charge >= 0.3 is 5.97 Å². The molecule has 6 atom stereocenters. The quantitative estimate of drug-likeness (QED) is 0.684. The maximum atomic E-state index is 11.6. The molecule has 0 N–H and O–H groups in total. The van der Waals surface area contributed by atoms with Gasteiger partial charge in [-0.25, -0.2) is 0 Å². The standard InChI is InChI=1S/C12H18O6/c1-4-15-12(2)17-9-7-5-6(11(13)14-3)8(16-7)10(9)18-12/h6-10H,4-5H2,1-3H3. The summed E-state index contributed by atoms with van der Waals surface area (Å²) in [4.78, 5) is 11.6. The lowest BCUT2D eigenvalue weighted by Gasteiger charge is -2.25. The number of ether oxygens (including phenoxy) is 5. The second-order valence-electron chi connectivity index (χ2n) is 4.96. The zero-order chi connectivity index (χ0) is 12.9. The van der Waals surface area contributed by atoms with E-state index in [1.807, 2.05) is 6.92 Å². The van der Waals surface area contributed by atoms with Crippen molar-refractivity contribution in [2.75, 3.05) is 13.7 Å². The number of carbonyl (C=O) groups is 1. The van der Waals surface area contributed by atoms with Gasteiger partial charge in [-0.15, -0.1) is 0 Å². The Kier molecular flexibility index (Phi) is 2.85. The van der Waals surface area contributed by atoms with Crippen molar-refractivity contribution in [3.05, 3.63) is 0 Å². The van der Waals surface area contributed by atoms with Gasteiger partial charge in [0.25, 0.3) is 5.97 Å². The van der Waals surface area contributed by atoms with Crippen LogP contribution in [-0.2, 0) is 28.5 Å². The molecule has 3 heterocycles. The molecule has 3 aliphatic rings. The summed E-state index contributed by atoms with van der Waals surface area (Å²) in [7, 11) is 1.39. The average Bonchev–Trinajstić information content (AvgIpc) is 2.96. The van der Waals surface area contributed by atoms with Gasteiger partial charge in [0, 0.05) is 13.5 Å². The lowest BCUT2D eigenvalue weighted by molar-refractivity contribution is -0.338. The molecule has 6 unspecified atom stereocenters. The van der Waals surface area contributed by atoms with Crippen molar-refractivity contribution in [1.29, 1.82) is 0 Å². The molecular formula is C12H18O6. The first-order chi connectivity index (χ1) is 8.58. The van der Waals surface area contributed by atoms with Gasteiger partial charge in [0.1, 0.15) is 18.3 Å². The Balaban J connectivity index is 1.74. The van der Waals surface area contributed by atoms with Crippen LogP contribution in [0.25, 0.3) is 0 Å². The highest BCUT2D eigenvalue weighted by molar-refractivity contribution is 5.74. The van der Waals surface area contributed by atoms with Crippen LogP contribution < -0.4 is 0 Å². The molecule has 6 heteroatoms. The molecular weight excluding hydrogens is 240 g/mol. The molecule has 3 aliphatic heterocycles. The molecule has 0 saturated carbocycles. The monoisotopic (exact) mass is 258 g/mol. The molecule has 0 aliphatic carbocycles. The van der Waals surface area contributed by atoms with Gasteiger partial charge in [0.15, 0.2) is 0 Å². The minimum absolute atomic E-state index is 0.105. The zero-order valence-electron chi connectivity index (χ0n) is 10.8. The molecule has 0 aromatic rings. The molecule has 0 aromatic carbocycles. The van der Waals surface area contributed by atoms with E-state index in [0.29, 0.717) is 13.0 Å². The normalized spacial score (nSPS) is 49.4. The van der Waals surface area contributed by atoms with E-state index in [-0.39, 0.29) is 36.3 Å². The maximum absolute atomic E-state index is 11.6. The lowest BCUT2D eigenvalue weighted by atomic mass is 9.85. The Morgan fingerprint density at radius 2 is 2.06 bits per heavy atom. The van der Waals surface area contributed by atoms with E-state index in [9.17, 15) is 4.79 Å². The van der Waals surface area contributed by atoms with Crippen LogP contribution in [0, 0.1) is 5.92 Å². The molecule has 0 amide bonds. The molecule has 6 nitrogen and oxygen atoms in total. The number of esters is 1. The van der Waals surface area contributed by atoms with Crippen molar-refractivity contribution < 1.29 is 28.5 Å². The van der Waals surface area contributed by atoms with Crippen LogP contribution in [0.15, 0.2) is 0 Å². The molecule has 3 rings (SSSR count). The first-order valence-electron chi connectivity index (χ1n) is 6.31. The van der Waals surface area contributed by atoms with Crippen molar-refractivity contribution in [1.82, 2.24) is 0 Å². The second kappa shape index (κ2) is 4.16. The van der Waals surface area contributed by atoms with Crippen molar-refractivity contribution in [3.8, 4) is 0 Å². The number of carbonyl (C=O) groups excluding carboxylic acids is 1. The minimum atomic E-state index is -1.02. The van der Waals surface area contributed by atoms with Crippen LogP contribution in [0.1, 0.15) is 20.3 Å². The number of rotatable bonds is 3. The third-order valence-electron chi connectivity index (χ3n) is 3.84. The van der Waals surface area contributed by atoms with Gasteiger partial charge in [0.2, 0.25) is 0 Å². The van der Waals surface area contributed by atoms with Gasteiger partial charge in [-0.2, -0.15) is 0 Å². The predicted molar refractivity (Wildman–Crippen MR) is 58.6 cm³/mol. The number of hydrogen-bond donors (Lipinski definition) is 0. The van der Waals surface area contributed by atoms with Crippen LogP contribution in [0.2, 0.25) is 0 Å². The van der Waals surface area contributed by atoms with E-state index < -0.39 is 5.97 Å². The van der Waals surface area contributed by atoms with Gasteiger partial charge < -0.3 is 23.7 Å². The largest absolute Gasteiger partial charge is 0.469 e. The first kappa shape index (κ1) is 12.3. The zero-order valence-corrected chi connectivity index (χ0v) is 10.8. The Hall–Kier alpha value is -0.690. The predicted octanol–water partition coefficient (Wildman–Crippen LogP) is 0.441. The third kappa shape index (κ3) is 1.67. The van der Waals surface area contributed by atoms with Crippen molar-refractivity contribution in [2.45, 2.75) is 50.7 Å². The fourth-order valence-corrected chi connectivity index (χ4v) is 3.16. The molecule has 18 heavy (non-hydrogen) atoms. The van der Waals surface area contributed by atoms with E-state index in [0.717, 1.165) is 0 Å². The summed E-state index contributed by atoms with van der Waals surface area (Å²) < 4.78 is 27.6. The number of hydrogen-bond acceptors (Lipinski definition) is 6. The summed E-state index contributed by atoms with van der Waals surface area (Å²) in [6, 6.07) is 0. The fraction of sp³-hybridized carbons (Fsp3) is 0.917. The summed E-state index contributed by atoms with van der Waals surface area (Å²) in [5, 5.41) is 0. The highest BCUT2D eigenvalue weighted by Crippen LogP contribution is 2.48. The molecule has 3 fully saturated rings. The topological polar surface area (TPSA) is 63.2 Å². The fourth-order valence-electron chi connectivity index (χ4n) is 3.16. The minimum Gasteiger partial charge on any atom is -0.469 e. The second-order valence-corrected chi connectivity index (χ2v) is 4.96. The molecule has 0 radical (unpaired) electrons. The number of fused-ring (bicyclic) bond motifs is 5. The maximum Gasteiger partial charge on any atom is 0.311 e. The Labute approximate surface area is 105 Å². The molecule has 0 aromatic heterocycles. The summed E-state index contributed by atoms with van der Waals surface area (Å²) in [5.41, 5.74) is 0. The van der Waals surface area contributed by atoms with Crippen LogP contribution in [0.5, 0.6) is 0 Å². The summed E-state index contributed by atoms with van der Waals surface area (Å²) >= 11 is 0. The molecule has 3 saturated heterocycles. The highest BCUT2D eigenvalue weighted by atomic mass is 16.9. The summed E-state index contributed by atoms with van der Waals surface area (Å²) in [6.45, 7) is 4.14. The smallest absolute Gasteiger partial charge is 0.311 e. The molecule has 102 valence electrons. The van der Waals surface area contributed by atoms with Gasteiger partial charge in [-0.1, -0.05) is 0 Å². The summed E-state index contributed by atoms with van der Waals surface area (Å²) in [5.74, 6) is -1.52. The Bertz CT molecular complexity index is 358. The summed E-state index contributed by atoms with van der Waals surface area (Å²) in [6.07, 6.45) is -0.151. The van der Waals surface area contributed by atoms with E-state index in [1.54, 1.807) is 6.92 Å². The Morgan fingerprint density at radius 3 is 2.72 bits per heavy atom. The van der Waals surface area contributed by atoms with E-state index >= 15 is 0 Å². The van der Waals surface area contributed by atoms with Gasteiger partial charge in [-0.05, 0) is 13.3 Å². The van der Waals surface area contributed by atoms with Crippen LogP contribution >= 0.6 is 0 Å². The number of methoxy groups -OCH3 is 1. The highest BCUT2D eigenvalue weighted by Gasteiger charge is 2.64. The molecule has 0 spiro atoms. The molecule has 2 bridgehead atoms. The lowest BCUT2D eigenvalue weighted by Crippen LogP contribution is -2.42. The van der Waals surface area contributed by atoms with Crippen molar-refractivity contribution in [3.63, 3.8) is 0 Å². The van der Waals surface area contributed by atoms with Crippen LogP contribution in [0.4, 0.5) is 0 Å². The third-order valence-corrected chi connectivity index (χ3v) is 3.84. The van der Waals surface area contributed by atoms with Crippen molar-refractivity contribution >= 4 is 5.97 Å². The van der Waals surface area contributed by atoms with Gasteiger partial charge in [0.05, 0.1) is 19.1 Å². The van der Waals surface area contributed by atoms with Crippen LogP contribution in [0.3, 0.4) is 0 Å².